The lowest BCUT2D eigenvalue weighted by molar-refractivity contribution is -0.143. The van der Waals surface area contributed by atoms with E-state index in [2.05, 4.69) is 6.08 Å². The van der Waals surface area contributed by atoms with Gasteiger partial charge in [0.25, 0.3) is 0 Å². The van der Waals surface area contributed by atoms with Gasteiger partial charge in [-0.1, -0.05) is 42.5 Å². The number of rotatable bonds is 7. The lowest BCUT2D eigenvalue weighted by atomic mass is 10.1. The standard InChI is InChI=1S/C15H20O2/c1-2-3-4-8-13-17-15(16)12-11-14-9-6-5-7-10-14/h2-3,5-7,9-10H,4,8,11-13H2,1H3/b3-2+. The third kappa shape index (κ3) is 6.56. The molecule has 0 radical (unpaired) electrons. The minimum Gasteiger partial charge on any atom is -0.466 e. The second-order valence-corrected chi connectivity index (χ2v) is 3.92. The minimum atomic E-state index is -0.102. The van der Waals surface area contributed by atoms with Crippen LogP contribution in [0.25, 0.3) is 0 Å². The van der Waals surface area contributed by atoms with Gasteiger partial charge in [-0.05, 0) is 31.7 Å². The summed E-state index contributed by atoms with van der Waals surface area (Å²) in [4.78, 5) is 11.4. The van der Waals surface area contributed by atoms with Crippen LogP contribution < -0.4 is 0 Å². The fraction of sp³-hybridized carbons (Fsp3) is 0.400. The van der Waals surface area contributed by atoms with Crippen molar-refractivity contribution in [1.29, 1.82) is 0 Å². The van der Waals surface area contributed by atoms with Gasteiger partial charge < -0.3 is 4.74 Å². The molecule has 0 aliphatic heterocycles. The van der Waals surface area contributed by atoms with Gasteiger partial charge in [-0.3, -0.25) is 4.79 Å². The van der Waals surface area contributed by atoms with Crippen LogP contribution in [0.3, 0.4) is 0 Å². The van der Waals surface area contributed by atoms with E-state index in [1.807, 2.05) is 43.3 Å². The number of unbranched alkanes of at least 4 members (excludes halogenated alkanes) is 1. The molecule has 0 aliphatic carbocycles. The maximum Gasteiger partial charge on any atom is 0.306 e. The summed E-state index contributed by atoms with van der Waals surface area (Å²) in [6.07, 6.45) is 7.20. The van der Waals surface area contributed by atoms with Gasteiger partial charge in [-0.25, -0.2) is 0 Å². The molecule has 0 spiro atoms. The Labute approximate surface area is 103 Å². The van der Waals surface area contributed by atoms with E-state index in [4.69, 9.17) is 4.74 Å². The maximum atomic E-state index is 11.4. The number of benzene rings is 1. The summed E-state index contributed by atoms with van der Waals surface area (Å²) >= 11 is 0. The summed E-state index contributed by atoms with van der Waals surface area (Å²) in [5.41, 5.74) is 1.18. The maximum absolute atomic E-state index is 11.4. The molecule has 1 aromatic rings. The molecule has 0 aromatic heterocycles. The first kappa shape index (κ1) is 13.5. The first-order valence-electron chi connectivity index (χ1n) is 6.13. The molecule has 0 atom stereocenters. The average Bonchev–Trinajstić information content (AvgIpc) is 2.37. The monoisotopic (exact) mass is 232 g/mol. The molecule has 0 unspecified atom stereocenters. The van der Waals surface area contributed by atoms with Crippen LogP contribution in [0.5, 0.6) is 0 Å². The van der Waals surface area contributed by atoms with Gasteiger partial charge in [-0.2, -0.15) is 0 Å². The lowest BCUT2D eigenvalue weighted by Crippen LogP contribution is -2.06. The van der Waals surface area contributed by atoms with Crippen LogP contribution in [0, 0.1) is 0 Å². The molecule has 17 heavy (non-hydrogen) atoms. The van der Waals surface area contributed by atoms with E-state index in [1.165, 1.54) is 5.56 Å². The van der Waals surface area contributed by atoms with Crippen molar-refractivity contribution in [3.8, 4) is 0 Å². The van der Waals surface area contributed by atoms with E-state index in [0.29, 0.717) is 13.0 Å². The number of aryl methyl sites for hydroxylation is 1. The third-order valence-electron chi connectivity index (χ3n) is 2.47. The Morgan fingerprint density at radius 3 is 2.76 bits per heavy atom. The summed E-state index contributed by atoms with van der Waals surface area (Å²) in [5, 5.41) is 0. The van der Waals surface area contributed by atoms with Crippen LogP contribution in [0.2, 0.25) is 0 Å². The van der Waals surface area contributed by atoms with Crippen LogP contribution in [-0.4, -0.2) is 12.6 Å². The van der Waals surface area contributed by atoms with Gasteiger partial charge in [0, 0.05) is 6.42 Å². The molecule has 0 bridgehead atoms. The number of ether oxygens (including phenoxy) is 1. The van der Waals surface area contributed by atoms with Crippen LogP contribution in [0.15, 0.2) is 42.5 Å². The van der Waals surface area contributed by atoms with Gasteiger partial charge in [0.05, 0.1) is 6.61 Å². The first-order chi connectivity index (χ1) is 8.33. The summed E-state index contributed by atoms with van der Waals surface area (Å²) in [6, 6.07) is 10.00. The zero-order valence-corrected chi connectivity index (χ0v) is 10.4. The highest BCUT2D eigenvalue weighted by molar-refractivity contribution is 5.69. The highest BCUT2D eigenvalue weighted by Gasteiger charge is 2.02. The second-order valence-electron chi connectivity index (χ2n) is 3.92. The van der Waals surface area contributed by atoms with Crippen molar-refractivity contribution in [3.63, 3.8) is 0 Å². The lowest BCUT2D eigenvalue weighted by Gasteiger charge is -2.03. The fourth-order valence-corrected chi connectivity index (χ4v) is 1.52. The van der Waals surface area contributed by atoms with Crippen molar-refractivity contribution >= 4 is 5.97 Å². The Morgan fingerprint density at radius 2 is 2.06 bits per heavy atom. The Hall–Kier alpha value is -1.57. The molecule has 2 nitrogen and oxygen atoms in total. The van der Waals surface area contributed by atoms with E-state index in [-0.39, 0.29) is 5.97 Å². The van der Waals surface area contributed by atoms with Gasteiger partial charge in [0.1, 0.15) is 0 Å². The predicted octanol–water partition coefficient (Wildman–Crippen LogP) is 3.52. The van der Waals surface area contributed by atoms with Gasteiger partial charge in [0.15, 0.2) is 0 Å². The summed E-state index contributed by atoms with van der Waals surface area (Å²) < 4.78 is 5.14. The third-order valence-corrected chi connectivity index (χ3v) is 2.47. The average molecular weight is 232 g/mol. The molecule has 92 valence electrons. The first-order valence-corrected chi connectivity index (χ1v) is 6.13. The van der Waals surface area contributed by atoms with E-state index in [1.54, 1.807) is 0 Å². The van der Waals surface area contributed by atoms with Crippen molar-refractivity contribution in [3.05, 3.63) is 48.0 Å². The second kappa shape index (κ2) is 8.57. The zero-order valence-electron chi connectivity index (χ0n) is 10.4. The number of allylic oxidation sites excluding steroid dienone is 2. The highest BCUT2D eigenvalue weighted by atomic mass is 16.5. The molecule has 0 saturated heterocycles. The number of carbonyl (C=O) groups excluding carboxylic acids is 1. The molecule has 0 fully saturated rings. The van der Waals surface area contributed by atoms with Crippen LogP contribution in [-0.2, 0) is 16.0 Å². The summed E-state index contributed by atoms with van der Waals surface area (Å²) in [7, 11) is 0. The quantitative estimate of drug-likeness (QED) is 0.408. The van der Waals surface area contributed by atoms with Crippen molar-refractivity contribution in [2.45, 2.75) is 32.6 Å². The zero-order chi connectivity index (χ0) is 12.3. The van der Waals surface area contributed by atoms with Crippen LogP contribution in [0.1, 0.15) is 31.7 Å². The molecule has 1 rings (SSSR count). The number of hydrogen-bond donors (Lipinski definition) is 0. The van der Waals surface area contributed by atoms with Crippen LogP contribution in [0.4, 0.5) is 0 Å². The summed E-state index contributed by atoms with van der Waals surface area (Å²) in [6.45, 7) is 2.52. The molecular formula is C15H20O2. The van der Waals surface area contributed by atoms with E-state index in [9.17, 15) is 4.79 Å². The molecule has 0 aliphatic rings. The Balaban J connectivity index is 2.09. The Morgan fingerprint density at radius 1 is 1.29 bits per heavy atom. The number of esters is 1. The molecule has 0 amide bonds. The Bertz CT molecular complexity index is 341. The molecule has 0 saturated carbocycles. The highest BCUT2D eigenvalue weighted by Crippen LogP contribution is 2.03. The topological polar surface area (TPSA) is 26.3 Å². The normalized spacial score (nSPS) is 10.6. The van der Waals surface area contributed by atoms with Gasteiger partial charge >= 0.3 is 5.97 Å². The molecule has 0 N–H and O–H groups in total. The molecule has 0 heterocycles. The molecular weight excluding hydrogens is 212 g/mol. The number of carbonyl (C=O) groups is 1. The van der Waals surface area contributed by atoms with Gasteiger partial charge in [-0.15, -0.1) is 0 Å². The van der Waals surface area contributed by atoms with Crippen LogP contribution >= 0.6 is 0 Å². The van der Waals surface area contributed by atoms with Gasteiger partial charge in [0.2, 0.25) is 0 Å². The fourth-order valence-electron chi connectivity index (χ4n) is 1.52. The van der Waals surface area contributed by atoms with Crippen molar-refractivity contribution < 1.29 is 9.53 Å². The van der Waals surface area contributed by atoms with E-state index >= 15 is 0 Å². The minimum absolute atomic E-state index is 0.102. The van der Waals surface area contributed by atoms with E-state index in [0.717, 1.165) is 19.3 Å². The predicted molar refractivity (Wildman–Crippen MR) is 69.8 cm³/mol. The Kier molecular flexibility index (Phi) is 6.80. The smallest absolute Gasteiger partial charge is 0.306 e. The van der Waals surface area contributed by atoms with Crippen molar-refractivity contribution in [2.24, 2.45) is 0 Å². The van der Waals surface area contributed by atoms with Crippen molar-refractivity contribution in [2.75, 3.05) is 6.61 Å². The SMILES string of the molecule is C/C=C/CCCOC(=O)CCc1ccccc1. The largest absolute Gasteiger partial charge is 0.466 e. The summed E-state index contributed by atoms with van der Waals surface area (Å²) in [5.74, 6) is -0.102. The molecule has 1 aromatic carbocycles. The molecule has 2 heteroatoms. The van der Waals surface area contributed by atoms with Crippen molar-refractivity contribution in [1.82, 2.24) is 0 Å². The van der Waals surface area contributed by atoms with E-state index < -0.39 is 0 Å². The number of hydrogen-bond acceptors (Lipinski definition) is 2.